The highest BCUT2D eigenvalue weighted by Crippen LogP contribution is 2.43. The Bertz CT molecular complexity index is 309. The highest BCUT2D eigenvalue weighted by Gasteiger charge is 2.57. The van der Waals surface area contributed by atoms with Gasteiger partial charge in [-0.2, -0.15) is 22.0 Å². The Hall–Kier alpha value is -0.650. The summed E-state index contributed by atoms with van der Waals surface area (Å²) in [4.78, 5) is 0. The first-order valence-electron chi connectivity index (χ1n) is 5.50. The first kappa shape index (κ1) is 12.8. The van der Waals surface area contributed by atoms with E-state index in [9.17, 15) is 22.0 Å². The third-order valence-electron chi connectivity index (χ3n) is 3.45. The molecule has 3 atom stereocenters. The number of hydrogen-bond acceptors (Lipinski definition) is 1. The Morgan fingerprint density at radius 1 is 1.06 bits per heavy atom. The minimum absolute atomic E-state index is 0.0167. The zero-order chi connectivity index (χ0) is 12.7. The summed E-state index contributed by atoms with van der Waals surface area (Å²) in [5.74, 6) is -3.91. The Morgan fingerprint density at radius 2 is 1.76 bits per heavy atom. The average molecular weight is 256 g/mol. The van der Waals surface area contributed by atoms with Crippen LogP contribution in [-0.4, -0.2) is 25.3 Å². The van der Waals surface area contributed by atoms with Crippen molar-refractivity contribution in [2.75, 3.05) is 13.2 Å². The van der Waals surface area contributed by atoms with E-state index in [1.807, 2.05) is 6.08 Å². The summed E-state index contributed by atoms with van der Waals surface area (Å²) >= 11 is 0. The van der Waals surface area contributed by atoms with Gasteiger partial charge in [0.05, 0.1) is 6.61 Å². The van der Waals surface area contributed by atoms with E-state index in [0.29, 0.717) is 11.8 Å². The van der Waals surface area contributed by atoms with Crippen LogP contribution in [0.5, 0.6) is 0 Å². The highest BCUT2D eigenvalue weighted by atomic mass is 19.4. The van der Waals surface area contributed by atoms with Crippen LogP contribution >= 0.6 is 0 Å². The monoisotopic (exact) mass is 256 g/mol. The molecule has 1 fully saturated rings. The Morgan fingerprint density at radius 3 is 2.24 bits per heavy atom. The summed E-state index contributed by atoms with van der Waals surface area (Å²) in [6.45, 7) is -1.59. The van der Waals surface area contributed by atoms with Gasteiger partial charge in [0.15, 0.2) is 0 Å². The van der Waals surface area contributed by atoms with Crippen LogP contribution in [0.3, 0.4) is 0 Å². The molecule has 0 amide bonds. The highest BCUT2D eigenvalue weighted by molar-refractivity contribution is 5.09. The van der Waals surface area contributed by atoms with Gasteiger partial charge in [-0.1, -0.05) is 12.2 Å². The molecular weight excluding hydrogens is 243 g/mol. The lowest BCUT2D eigenvalue weighted by Crippen LogP contribution is -2.41. The molecular formula is C11H13F5O. The molecule has 0 aromatic carbocycles. The van der Waals surface area contributed by atoms with Crippen LogP contribution in [0.1, 0.15) is 12.8 Å². The van der Waals surface area contributed by atoms with Crippen molar-refractivity contribution in [2.24, 2.45) is 17.8 Å². The smallest absolute Gasteiger partial charge is 0.375 e. The van der Waals surface area contributed by atoms with E-state index in [-0.39, 0.29) is 12.5 Å². The second-order valence-corrected chi connectivity index (χ2v) is 4.76. The maximum Gasteiger partial charge on any atom is 0.455 e. The number of allylic oxidation sites excluding steroid dienone is 2. The topological polar surface area (TPSA) is 9.23 Å². The molecule has 3 unspecified atom stereocenters. The van der Waals surface area contributed by atoms with Gasteiger partial charge in [-0.15, -0.1) is 0 Å². The van der Waals surface area contributed by atoms with Crippen molar-refractivity contribution in [1.29, 1.82) is 0 Å². The molecule has 2 bridgehead atoms. The van der Waals surface area contributed by atoms with Gasteiger partial charge in [0.1, 0.15) is 6.61 Å². The van der Waals surface area contributed by atoms with E-state index in [4.69, 9.17) is 0 Å². The van der Waals surface area contributed by atoms with Crippen LogP contribution in [0, 0.1) is 17.8 Å². The minimum Gasteiger partial charge on any atom is -0.375 e. The average Bonchev–Trinajstić information content (AvgIpc) is 2.76. The summed E-state index contributed by atoms with van der Waals surface area (Å²) in [6.07, 6.45) is 0.361. The molecule has 6 heteroatoms. The maximum atomic E-state index is 12.5. The molecule has 1 nitrogen and oxygen atoms in total. The molecule has 0 radical (unpaired) electrons. The fraction of sp³-hybridized carbons (Fsp3) is 0.818. The molecule has 1 saturated carbocycles. The fourth-order valence-electron chi connectivity index (χ4n) is 2.51. The number of rotatable bonds is 4. The number of halogens is 5. The van der Waals surface area contributed by atoms with Crippen LogP contribution in [0.25, 0.3) is 0 Å². The number of hydrogen-bond donors (Lipinski definition) is 0. The van der Waals surface area contributed by atoms with E-state index in [2.05, 4.69) is 10.8 Å². The second kappa shape index (κ2) is 4.23. The normalized spacial score (nSPS) is 32.4. The van der Waals surface area contributed by atoms with Gasteiger partial charge in [0.2, 0.25) is 0 Å². The van der Waals surface area contributed by atoms with Crippen LogP contribution in [-0.2, 0) is 4.74 Å². The standard InChI is InChI=1S/C11H13F5O/c12-10(13,11(14,15)16)6-17-5-9-4-7-1-2-8(9)3-7/h1-2,7-9H,3-6H2. The number of fused-ring (bicyclic) bond motifs is 2. The lowest BCUT2D eigenvalue weighted by atomic mass is 9.95. The molecule has 2 aliphatic rings. The van der Waals surface area contributed by atoms with Crippen molar-refractivity contribution in [3.8, 4) is 0 Å². The predicted molar refractivity (Wildman–Crippen MR) is 50.7 cm³/mol. The molecule has 0 aliphatic heterocycles. The summed E-state index contributed by atoms with van der Waals surface area (Å²) in [6, 6.07) is 0. The third-order valence-corrected chi connectivity index (χ3v) is 3.45. The zero-order valence-corrected chi connectivity index (χ0v) is 9.01. The van der Waals surface area contributed by atoms with Gasteiger partial charge >= 0.3 is 12.1 Å². The Kier molecular flexibility index (Phi) is 3.18. The molecule has 2 aliphatic carbocycles. The number of ether oxygens (including phenoxy) is 1. The minimum atomic E-state index is -5.53. The fourth-order valence-corrected chi connectivity index (χ4v) is 2.51. The largest absolute Gasteiger partial charge is 0.455 e. The van der Waals surface area contributed by atoms with E-state index in [1.165, 1.54) is 0 Å². The molecule has 0 saturated heterocycles. The lowest BCUT2D eigenvalue weighted by Gasteiger charge is -2.22. The van der Waals surface area contributed by atoms with E-state index in [0.717, 1.165) is 12.8 Å². The van der Waals surface area contributed by atoms with Gasteiger partial charge in [-0.25, -0.2) is 0 Å². The molecule has 17 heavy (non-hydrogen) atoms. The van der Waals surface area contributed by atoms with Crippen LogP contribution in [0.2, 0.25) is 0 Å². The van der Waals surface area contributed by atoms with Crippen LogP contribution in [0.15, 0.2) is 12.2 Å². The van der Waals surface area contributed by atoms with Crippen molar-refractivity contribution in [1.82, 2.24) is 0 Å². The molecule has 0 heterocycles. The van der Waals surface area contributed by atoms with Gasteiger partial charge in [0.25, 0.3) is 0 Å². The van der Waals surface area contributed by atoms with Gasteiger partial charge in [-0.3, -0.25) is 0 Å². The molecule has 2 rings (SSSR count). The molecule has 0 spiro atoms. The summed E-state index contributed by atoms with van der Waals surface area (Å²) in [5.41, 5.74) is 0. The van der Waals surface area contributed by atoms with Crippen molar-refractivity contribution in [3.63, 3.8) is 0 Å². The zero-order valence-electron chi connectivity index (χ0n) is 9.01. The van der Waals surface area contributed by atoms with Crippen LogP contribution < -0.4 is 0 Å². The van der Waals surface area contributed by atoms with Gasteiger partial charge in [0, 0.05) is 0 Å². The van der Waals surface area contributed by atoms with Gasteiger partial charge in [-0.05, 0) is 30.6 Å². The SMILES string of the molecule is FC(F)(F)C(F)(F)COCC1CC2C=CC1C2. The summed E-state index contributed by atoms with van der Waals surface area (Å²) in [5, 5.41) is 0. The van der Waals surface area contributed by atoms with Crippen LogP contribution in [0.4, 0.5) is 22.0 Å². The molecule has 98 valence electrons. The van der Waals surface area contributed by atoms with E-state index >= 15 is 0 Å². The van der Waals surface area contributed by atoms with E-state index in [1.54, 1.807) is 0 Å². The van der Waals surface area contributed by atoms with Crippen molar-refractivity contribution in [2.45, 2.75) is 24.9 Å². The van der Waals surface area contributed by atoms with Crippen molar-refractivity contribution in [3.05, 3.63) is 12.2 Å². The molecule has 0 aromatic rings. The molecule has 0 N–H and O–H groups in total. The second-order valence-electron chi connectivity index (χ2n) is 4.76. The Balaban J connectivity index is 1.75. The van der Waals surface area contributed by atoms with E-state index < -0.39 is 18.7 Å². The summed E-state index contributed by atoms with van der Waals surface area (Å²) < 4.78 is 65.1. The lowest BCUT2D eigenvalue weighted by molar-refractivity contribution is -0.297. The third kappa shape index (κ3) is 2.61. The first-order valence-corrected chi connectivity index (χ1v) is 5.50. The first-order chi connectivity index (χ1) is 7.79. The maximum absolute atomic E-state index is 12.5. The number of alkyl halides is 5. The van der Waals surface area contributed by atoms with Crippen molar-refractivity contribution < 1.29 is 26.7 Å². The van der Waals surface area contributed by atoms with Gasteiger partial charge < -0.3 is 4.74 Å². The quantitative estimate of drug-likeness (QED) is 0.553. The van der Waals surface area contributed by atoms with Crippen molar-refractivity contribution >= 4 is 0 Å². The molecule has 0 aromatic heterocycles. The predicted octanol–water partition coefficient (Wildman–Crippen LogP) is 3.41. The Labute approximate surface area is 95.6 Å². The summed E-state index contributed by atoms with van der Waals surface area (Å²) in [7, 11) is 0.